The number of rotatable bonds is 5. The Morgan fingerprint density at radius 3 is 2.20 bits per heavy atom. The van der Waals surface area contributed by atoms with E-state index in [1.165, 1.54) is 48.6 Å². The predicted molar refractivity (Wildman–Crippen MR) is 91.9 cm³/mol. The van der Waals surface area contributed by atoms with Gasteiger partial charge in [-0.25, -0.2) is 0 Å². The first-order valence-electron chi connectivity index (χ1n) is 8.29. The molecule has 0 bridgehead atoms. The monoisotopic (exact) mass is 336 g/mol. The highest BCUT2D eigenvalue weighted by molar-refractivity contribution is 9.10. The maximum atomic E-state index is 3.51. The first-order valence-corrected chi connectivity index (χ1v) is 9.08. The number of benzene rings is 1. The topological polar surface area (TPSA) is 0 Å². The lowest BCUT2D eigenvalue weighted by Gasteiger charge is -2.30. The van der Waals surface area contributed by atoms with Crippen molar-refractivity contribution in [2.24, 2.45) is 23.7 Å². The third-order valence-corrected chi connectivity index (χ3v) is 5.81. The Hall–Kier alpha value is -0.300. The molecule has 0 N–H and O–H groups in total. The van der Waals surface area contributed by atoms with Gasteiger partial charge in [0, 0.05) is 4.47 Å². The zero-order valence-corrected chi connectivity index (χ0v) is 14.8. The van der Waals surface area contributed by atoms with Crippen LogP contribution in [0.4, 0.5) is 0 Å². The van der Waals surface area contributed by atoms with Crippen molar-refractivity contribution in [3.05, 3.63) is 34.3 Å². The van der Waals surface area contributed by atoms with E-state index >= 15 is 0 Å². The van der Waals surface area contributed by atoms with E-state index in [1.54, 1.807) is 0 Å². The van der Waals surface area contributed by atoms with Gasteiger partial charge in [-0.3, -0.25) is 0 Å². The summed E-state index contributed by atoms with van der Waals surface area (Å²) in [5.74, 6) is 3.60. The molecule has 0 saturated heterocycles. The van der Waals surface area contributed by atoms with Crippen LogP contribution < -0.4 is 0 Å². The smallest absolute Gasteiger partial charge is 0.0175 e. The van der Waals surface area contributed by atoms with Crippen molar-refractivity contribution in [3.63, 3.8) is 0 Å². The molecule has 2 atom stereocenters. The third-order valence-electron chi connectivity index (χ3n) is 5.28. The maximum absolute atomic E-state index is 3.51. The van der Waals surface area contributed by atoms with Gasteiger partial charge >= 0.3 is 0 Å². The average molecular weight is 337 g/mol. The summed E-state index contributed by atoms with van der Waals surface area (Å²) in [6.07, 6.45) is 8.51. The van der Waals surface area contributed by atoms with Crippen molar-refractivity contribution in [1.29, 1.82) is 0 Å². The molecule has 0 aliphatic heterocycles. The van der Waals surface area contributed by atoms with E-state index in [-0.39, 0.29) is 0 Å². The van der Waals surface area contributed by atoms with E-state index in [9.17, 15) is 0 Å². The van der Waals surface area contributed by atoms with Crippen LogP contribution in [0.5, 0.6) is 0 Å². The van der Waals surface area contributed by atoms with Gasteiger partial charge < -0.3 is 0 Å². The molecule has 1 fully saturated rings. The third kappa shape index (κ3) is 4.91. The molecule has 0 amide bonds. The summed E-state index contributed by atoms with van der Waals surface area (Å²) in [7, 11) is 0. The highest BCUT2D eigenvalue weighted by Crippen LogP contribution is 2.34. The highest BCUT2D eigenvalue weighted by atomic mass is 79.9. The lowest BCUT2D eigenvalue weighted by Crippen LogP contribution is -2.19. The standard InChI is InChI=1S/C19H29Br/c1-14-4-6-17(7-5-14)12-15(2)16(3)13-18-8-10-19(20)11-9-18/h8-11,14-17H,4-7,12-13H2,1-3H3. The minimum absolute atomic E-state index is 0.788. The van der Waals surface area contributed by atoms with Gasteiger partial charge in [0.25, 0.3) is 0 Å². The van der Waals surface area contributed by atoms with Crippen LogP contribution in [-0.4, -0.2) is 0 Å². The minimum Gasteiger partial charge on any atom is -0.0625 e. The number of halogens is 1. The molecule has 112 valence electrons. The van der Waals surface area contributed by atoms with E-state index in [1.807, 2.05) is 0 Å². The average Bonchev–Trinajstić information content (AvgIpc) is 2.44. The Balaban J connectivity index is 1.79. The second-order valence-corrected chi connectivity index (χ2v) is 8.06. The summed E-state index contributed by atoms with van der Waals surface area (Å²) < 4.78 is 1.18. The molecule has 1 saturated carbocycles. The Labute approximate surface area is 133 Å². The fourth-order valence-electron chi connectivity index (χ4n) is 3.52. The SMILES string of the molecule is CC1CCC(CC(C)C(C)Cc2ccc(Br)cc2)CC1. The molecule has 20 heavy (non-hydrogen) atoms. The Kier molecular flexibility index (Phi) is 6.14. The molecule has 1 aliphatic carbocycles. The van der Waals surface area contributed by atoms with Crippen molar-refractivity contribution in [2.45, 2.75) is 59.3 Å². The van der Waals surface area contributed by atoms with Crippen molar-refractivity contribution in [3.8, 4) is 0 Å². The van der Waals surface area contributed by atoms with Crippen molar-refractivity contribution >= 4 is 15.9 Å². The molecule has 1 aliphatic rings. The van der Waals surface area contributed by atoms with Crippen LogP contribution in [0, 0.1) is 23.7 Å². The van der Waals surface area contributed by atoms with Crippen LogP contribution in [0.15, 0.2) is 28.7 Å². The van der Waals surface area contributed by atoms with Gasteiger partial charge in [-0.1, -0.05) is 74.5 Å². The minimum atomic E-state index is 0.788. The van der Waals surface area contributed by atoms with Crippen molar-refractivity contribution in [2.75, 3.05) is 0 Å². The molecule has 2 rings (SSSR count). The van der Waals surface area contributed by atoms with Gasteiger partial charge in [0.1, 0.15) is 0 Å². The molecule has 0 radical (unpaired) electrons. The molecule has 0 aromatic heterocycles. The zero-order valence-electron chi connectivity index (χ0n) is 13.2. The van der Waals surface area contributed by atoms with E-state index in [2.05, 4.69) is 61.0 Å². The van der Waals surface area contributed by atoms with Crippen LogP contribution in [0.1, 0.15) is 58.4 Å². The van der Waals surface area contributed by atoms with Crippen LogP contribution in [0.3, 0.4) is 0 Å². The van der Waals surface area contributed by atoms with E-state index < -0.39 is 0 Å². The highest BCUT2D eigenvalue weighted by Gasteiger charge is 2.22. The molecule has 2 unspecified atom stereocenters. The summed E-state index contributed by atoms with van der Waals surface area (Å²) in [5.41, 5.74) is 1.48. The molecular weight excluding hydrogens is 308 g/mol. The molecule has 1 heteroatoms. The Bertz CT molecular complexity index is 387. The first-order chi connectivity index (χ1) is 9.54. The molecule has 0 nitrogen and oxygen atoms in total. The molecule has 0 spiro atoms. The summed E-state index contributed by atoms with van der Waals surface area (Å²) in [5, 5.41) is 0. The van der Waals surface area contributed by atoms with Gasteiger partial charge in [-0.05, 0) is 54.2 Å². The second-order valence-electron chi connectivity index (χ2n) is 7.15. The van der Waals surface area contributed by atoms with Crippen LogP contribution >= 0.6 is 15.9 Å². The summed E-state index contributed by atoms with van der Waals surface area (Å²) in [6, 6.07) is 8.84. The number of hydrogen-bond donors (Lipinski definition) is 0. The maximum Gasteiger partial charge on any atom is 0.0175 e. The van der Waals surface area contributed by atoms with Gasteiger partial charge in [0.05, 0.1) is 0 Å². The van der Waals surface area contributed by atoms with Crippen molar-refractivity contribution < 1.29 is 0 Å². The lowest BCUT2D eigenvalue weighted by atomic mass is 9.76. The molecule has 1 aromatic rings. The zero-order chi connectivity index (χ0) is 14.5. The summed E-state index contributed by atoms with van der Waals surface area (Å²) in [6.45, 7) is 7.30. The van der Waals surface area contributed by atoms with E-state index in [0.29, 0.717) is 0 Å². The normalized spacial score (nSPS) is 26.2. The van der Waals surface area contributed by atoms with Crippen molar-refractivity contribution in [1.82, 2.24) is 0 Å². The van der Waals surface area contributed by atoms with Crippen LogP contribution in [0.25, 0.3) is 0 Å². The first kappa shape index (κ1) is 16.1. The largest absolute Gasteiger partial charge is 0.0625 e. The Morgan fingerprint density at radius 2 is 1.60 bits per heavy atom. The van der Waals surface area contributed by atoms with Gasteiger partial charge in [-0.15, -0.1) is 0 Å². The molecular formula is C19H29Br. The second kappa shape index (κ2) is 7.64. The van der Waals surface area contributed by atoms with Gasteiger partial charge in [0.15, 0.2) is 0 Å². The fraction of sp³-hybridized carbons (Fsp3) is 0.684. The lowest BCUT2D eigenvalue weighted by molar-refractivity contribution is 0.223. The number of hydrogen-bond acceptors (Lipinski definition) is 0. The van der Waals surface area contributed by atoms with E-state index in [4.69, 9.17) is 0 Å². The summed E-state index contributed by atoms with van der Waals surface area (Å²) >= 11 is 3.51. The fourth-order valence-corrected chi connectivity index (χ4v) is 3.78. The quantitative estimate of drug-likeness (QED) is 0.577. The van der Waals surface area contributed by atoms with Crippen LogP contribution in [-0.2, 0) is 6.42 Å². The Morgan fingerprint density at radius 1 is 1.00 bits per heavy atom. The van der Waals surface area contributed by atoms with Gasteiger partial charge in [0.2, 0.25) is 0 Å². The molecule has 1 aromatic carbocycles. The van der Waals surface area contributed by atoms with Crippen LogP contribution in [0.2, 0.25) is 0 Å². The van der Waals surface area contributed by atoms with E-state index in [0.717, 1.165) is 23.7 Å². The predicted octanol–water partition coefficient (Wildman–Crippen LogP) is 6.48. The summed E-state index contributed by atoms with van der Waals surface area (Å²) in [4.78, 5) is 0. The van der Waals surface area contributed by atoms with Gasteiger partial charge in [-0.2, -0.15) is 0 Å². The molecule has 0 heterocycles.